The summed E-state index contributed by atoms with van der Waals surface area (Å²) in [5.74, 6) is 0.533. The Morgan fingerprint density at radius 2 is 2.05 bits per heavy atom. The van der Waals surface area contributed by atoms with Gasteiger partial charge in [-0.25, -0.2) is 4.98 Å². The molecule has 5 heteroatoms. The summed E-state index contributed by atoms with van der Waals surface area (Å²) in [7, 11) is 0. The van der Waals surface area contributed by atoms with Crippen LogP contribution in [-0.4, -0.2) is 15.5 Å². The quantitative estimate of drug-likeness (QED) is 0.914. The Morgan fingerprint density at radius 1 is 1.30 bits per heavy atom. The second-order valence-corrected chi connectivity index (χ2v) is 6.14. The number of rotatable bonds is 3. The molecule has 0 aliphatic carbocycles. The van der Waals surface area contributed by atoms with Crippen molar-refractivity contribution in [1.29, 1.82) is 0 Å². The third kappa shape index (κ3) is 4.18. The Morgan fingerprint density at radius 3 is 2.70 bits per heavy atom. The van der Waals surface area contributed by atoms with Crippen LogP contribution in [0, 0.1) is 0 Å². The molecule has 0 radical (unpaired) electrons. The SMILES string of the molecule is CC(C)(C)NCc1cc(=O)[nH]c(-c2cccc(Cl)c2)n1. The summed E-state index contributed by atoms with van der Waals surface area (Å²) in [5.41, 5.74) is 1.31. The molecule has 0 saturated carbocycles. The van der Waals surface area contributed by atoms with Gasteiger partial charge < -0.3 is 10.3 Å². The van der Waals surface area contributed by atoms with Crippen LogP contribution < -0.4 is 10.9 Å². The highest BCUT2D eigenvalue weighted by molar-refractivity contribution is 6.30. The minimum Gasteiger partial charge on any atom is -0.307 e. The van der Waals surface area contributed by atoms with Crippen LogP contribution in [0.1, 0.15) is 26.5 Å². The molecule has 2 N–H and O–H groups in total. The number of aromatic nitrogens is 2. The van der Waals surface area contributed by atoms with Gasteiger partial charge in [-0.15, -0.1) is 0 Å². The van der Waals surface area contributed by atoms with Crippen molar-refractivity contribution < 1.29 is 0 Å². The Balaban J connectivity index is 2.32. The number of halogens is 1. The molecule has 0 aliphatic heterocycles. The van der Waals surface area contributed by atoms with E-state index in [-0.39, 0.29) is 11.1 Å². The first-order valence-electron chi connectivity index (χ1n) is 6.45. The maximum atomic E-state index is 11.7. The van der Waals surface area contributed by atoms with E-state index in [0.29, 0.717) is 23.1 Å². The summed E-state index contributed by atoms with van der Waals surface area (Å²) in [4.78, 5) is 18.9. The third-order valence-electron chi connectivity index (χ3n) is 2.69. The van der Waals surface area contributed by atoms with Gasteiger partial charge in [0.15, 0.2) is 0 Å². The van der Waals surface area contributed by atoms with Gasteiger partial charge >= 0.3 is 0 Å². The Bertz CT molecular complexity index is 659. The zero-order valence-corrected chi connectivity index (χ0v) is 12.6. The molecule has 1 heterocycles. The molecular formula is C15H18ClN3O. The molecule has 0 spiro atoms. The van der Waals surface area contributed by atoms with Crippen molar-refractivity contribution in [2.45, 2.75) is 32.9 Å². The highest BCUT2D eigenvalue weighted by atomic mass is 35.5. The molecule has 1 aromatic carbocycles. The molecule has 2 aromatic rings. The van der Waals surface area contributed by atoms with Gasteiger partial charge in [0.1, 0.15) is 5.82 Å². The molecule has 106 valence electrons. The Hall–Kier alpha value is -1.65. The molecule has 0 unspecified atom stereocenters. The van der Waals surface area contributed by atoms with Crippen LogP contribution >= 0.6 is 11.6 Å². The van der Waals surface area contributed by atoms with Crippen LogP contribution in [0.25, 0.3) is 11.4 Å². The zero-order chi connectivity index (χ0) is 14.8. The number of nitrogens with zero attached hydrogens (tertiary/aromatic N) is 1. The normalized spacial score (nSPS) is 11.6. The van der Waals surface area contributed by atoms with Crippen LogP contribution in [0.2, 0.25) is 5.02 Å². The molecule has 0 bridgehead atoms. The molecule has 1 aromatic heterocycles. The van der Waals surface area contributed by atoms with Crippen LogP contribution in [0.3, 0.4) is 0 Å². The van der Waals surface area contributed by atoms with Gasteiger partial charge in [-0.05, 0) is 32.9 Å². The minimum atomic E-state index is -0.166. The van der Waals surface area contributed by atoms with E-state index in [1.807, 2.05) is 12.1 Å². The molecule has 0 saturated heterocycles. The number of H-pyrrole nitrogens is 1. The number of nitrogens with one attached hydrogen (secondary N) is 2. The Kier molecular flexibility index (Phi) is 4.26. The lowest BCUT2D eigenvalue weighted by atomic mass is 10.1. The highest BCUT2D eigenvalue weighted by Crippen LogP contribution is 2.18. The molecule has 0 fully saturated rings. The number of aromatic amines is 1. The molecule has 4 nitrogen and oxygen atoms in total. The fourth-order valence-corrected chi connectivity index (χ4v) is 1.92. The van der Waals surface area contributed by atoms with E-state index in [0.717, 1.165) is 5.56 Å². The first-order chi connectivity index (χ1) is 9.33. The average molecular weight is 292 g/mol. The largest absolute Gasteiger partial charge is 0.307 e. The lowest BCUT2D eigenvalue weighted by Crippen LogP contribution is -2.35. The van der Waals surface area contributed by atoms with E-state index < -0.39 is 0 Å². The van der Waals surface area contributed by atoms with Gasteiger partial charge in [0.2, 0.25) is 0 Å². The standard InChI is InChI=1S/C15H18ClN3O/c1-15(2,3)17-9-12-8-13(20)19-14(18-12)10-5-4-6-11(16)7-10/h4-8,17H,9H2,1-3H3,(H,18,19,20). The van der Waals surface area contributed by atoms with E-state index in [4.69, 9.17) is 11.6 Å². The number of hydrogen-bond acceptors (Lipinski definition) is 3. The smallest absolute Gasteiger partial charge is 0.251 e. The van der Waals surface area contributed by atoms with Crippen LogP contribution in [0.15, 0.2) is 35.1 Å². The second kappa shape index (κ2) is 5.77. The van der Waals surface area contributed by atoms with Crippen molar-refractivity contribution in [2.24, 2.45) is 0 Å². The van der Waals surface area contributed by atoms with Crippen molar-refractivity contribution in [2.75, 3.05) is 0 Å². The molecule has 2 rings (SSSR count). The summed E-state index contributed by atoms with van der Waals surface area (Å²) in [6.07, 6.45) is 0. The maximum absolute atomic E-state index is 11.7. The predicted molar refractivity (Wildman–Crippen MR) is 81.9 cm³/mol. The lowest BCUT2D eigenvalue weighted by molar-refractivity contribution is 0.421. The molecular weight excluding hydrogens is 274 g/mol. The van der Waals surface area contributed by atoms with Crippen LogP contribution in [-0.2, 0) is 6.54 Å². The molecule has 0 amide bonds. The topological polar surface area (TPSA) is 57.8 Å². The third-order valence-corrected chi connectivity index (χ3v) is 2.93. The summed E-state index contributed by atoms with van der Waals surface area (Å²) >= 11 is 5.96. The molecule has 0 atom stereocenters. The van der Waals surface area contributed by atoms with E-state index in [1.54, 1.807) is 12.1 Å². The zero-order valence-electron chi connectivity index (χ0n) is 11.8. The maximum Gasteiger partial charge on any atom is 0.251 e. The summed E-state index contributed by atoms with van der Waals surface area (Å²) in [6.45, 7) is 6.75. The second-order valence-electron chi connectivity index (χ2n) is 5.70. The van der Waals surface area contributed by atoms with Crippen molar-refractivity contribution in [1.82, 2.24) is 15.3 Å². The van der Waals surface area contributed by atoms with E-state index in [1.165, 1.54) is 6.07 Å². The molecule has 0 aliphatic rings. The fourth-order valence-electron chi connectivity index (χ4n) is 1.73. The first-order valence-corrected chi connectivity index (χ1v) is 6.82. The van der Waals surface area contributed by atoms with Crippen molar-refractivity contribution in [3.8, 4) is 11.4 Å². The fraction of sp³-hybridized carbons (Fsp3) is 0.333. The van der Waals surface area contributed by atoms with Crippen molar-refractivity contribution in [3.05, 3.63) is 51.4 Å². The van der Waals surface area contributed by atoms with Gasteiger partial charge in [0.25, 0.3) is 5.56 Å². The van der Waals surface area contributed by atoms with Gasteiger partial charge in [0.05, 0.1) is 5.69 Å². The number of benzene rings is 1. The lowest BCUT2D eigenvalue weighted by Gasteiger charge is -2.20. The van der Waals surface area contributed by atoms with E-state index in [9.17, 15) is 4.79 Å². The van der Waals surface area contributed by atoms with Gasteiger partial charge in [-0.1, -0.05) is 23.7 Å². The van der Waals surface area contributed by atoms with Gasteiger partial charge in [0, 0.05) is 28.7 Å². The highest BCUT2D eigenvalue weighted by Gasteiger charge is 2.10. The first kappa shape index (κ1) is 14.8. The van der Waals surface area contributed by atoms with Crippen LogP contribution in [0.5, 0.6) is 0 Å². The Labute approximate surface area is 123 Å². The summed E-state index contributed by atoms with van der Waals surface area (Å²) < 4.78 is 0. The van der Waals surface area contributed by atoms with Crippen molar-refractivity contribution in [3.63, 3.8) is 0 Å². The van der Waals surface area contributed by atoms with Gasteiger partial charge in [-0.3, -0.25) is 4.79 Å². The summed E-state index contributed by atoms with van der Waals surface area (Å²) in [5, 5.41) is 3.93. The van der Waals surface area contributed by atoms with Gasteiger partial charge in [-0.2, -0.15) is 0 Å². The monoisotopic (exact) mass is 291 g/mol. The van der Waals surface area contributed by atoms with E-state index >= 15 is 0 Å². The van der Waals surface area contributed by atoms with Crippen LogP contribution in [0.4, 0.5) is 0 Å². The van der Waals surface area contributed by atoms with E-state index in [2.05, 4.69) is 36.1 Å². The average Bonchev–Trinajstić information content (AvgIpc) is 2.35. The predicted octanol–water partition coefficient (Wildman–Crippen LogP) is 2.98. The number of hydrogen-bond donors (Lipinski definition) is 2. The van der Waals surface area contributed by atoms with Crippen molar-refractivity contribution >= 4 is 11.6 Å². The minimum absolute atomic E-state index is 0.0273. The molecule has 20 heavy (non-hydrogen) atoms. The summed E-state index contributed by atoms with van der Waals surface area (Å²) in [6, 6.07) is 8.77.